The lowest BCUT2D eigenvalue weighted by Gasteiger charge is -2.21. The van der Waals surface area contributed by atoms with Gasteiger partial charge in [0.1, 0.15) is 6.10 Å². The minimum Gasteiger partial charge on any atom is -0.390 e. The quantitative estimate of drug-likeness (QED) is 0.840. The summed E-state index contributed by atoms with van der Waals surface area (Å²) in [5.74, 6) is 0.138. The molecule has 0 bridgehead atoms. The first-order valence-electron chi connectivity index (χ1n) is 6.84. The smallest absolute Gasteiger partial charge is 0.249 e. The van der Waals surface area contributed by atoms with Crippen LogP contribution in [0.25, 0.3) is 0 Å². The van der Waals surface area contributed by atoms with Gasteiger partial charge in [0.05, 0.1) is 12.1 Å². The van der Waals surface area contributed by atoms with Gasteiger partial charge in [0.2, 0.25) is 5.91 Å². The molecule has 0 spiro atoms. The van der Waals surface area contributed by atoms with Gasteiger partial charge in [-0.1, -0.05) is 31.2 Å². The summed E-state index contributed by atoms with van der Waals surface area (Å²) in [5.41, 5.74) is 2.13. The van der Waals surface area contributed by atoms with Gasteiger partial charge in [0.25, 0.3) is 0 Å². The van der Waals surface area contributed by atoms with Crippen molar-refractivity contribution in [3.8, 4) is 0 Å². The Morgan fingerprint density at radius 3 is 2.95 bits per heavy atom. The number of hydrogen-bond acceptors (Lipinski definition) is 3. The summed E-state index contributed by atoms with van der Waals surface area (Å²) in [6, 6.07) is 7.55. The molecule has 0 saturated carbocycles. The lowest BCUT2D eigenvalue weighted by atomic mass is 10.0. The number of hydrogen-bond donors (Lipinski definition) is 2. The fourth-order valence-electron chi connectivity index (χ4n) is 3.01. The van der Waals surface area contributed by atoms with E-state index in [1.807, 2.05) is 31.2 Å². The van der Waals surface area contributed by atoms with E-state index in [4.69, 9.17) is 4.74 Å². The molecule has 1 amide bonds. The molecular formula is C15H19NO3. The van der Waals surface area contributed by atoms with Crippen molar-refractivity contribution < 1.29 is 14.6 Å². The van der Waals surface area contributed by atoms with Gasteiger partial charge in [-0.2, -0.15) is 0 Å². The zero-order valence-corrected chi connectivity index (χ0v) is 11.0. The minimum absolute atomic E-state index is 0.106. The van der Waals surface area contributed by atoms with Crippen LogP contribution in [0.2, 0.25) is 0 Å². The summed E-state index contributed by atoms with van der Waals surface area (Å²) in [6.07, 6.45) is 0.599. The Morgan fingerprint density at radius 1 is 1.42 bits per heavy atom. The Hall–Kier alpha value is -1.39. The Balaban J connectivity index is 1.75. The molecule has 0 aromatic heterocycles. The highest BCUT2D eigenvalue weighted by molar-refractivity contribution is 5.82. The summed E-state index contributed by atoms with van der Waals surface area (Å²) in [6.45, 7) is 2.67. The Kier molecular flexibility index (Phi) is 3.29. The second-order valence-corrected chi connectivity index (χ2v) is 5.51. The Bertz CT molecular complexity index is 488. The molecule has 19 heavy (non-hydrogen) atoms. The molecule has 1 aromatic carbocycles. The molecule has 2 unspecified atom stereocenters. The third kappa shape index (κ3) is 2.26. The fraction of sp³-hybridized carbons (Fsp3) is 0.533. The van der Waals surface area contributed by atoms with E-state index in [2.05, 4.69) is 5.32 Å². The first-order valence-corrected chi connectivity index (χ1v) is 6.84. The molecule has 102 valence electrons. The van der Waals surface area contributed by atoms with Crippen LogP contribution in [-0.4, -0.2) is 29.8 Å². The van der Waals surface area contributed by atoms with Crippen LogP contribution in [0.4, 0.5) is 0 Å². The number of benzene rings is 1. The molecular weight excluding hydrogens is 242 g/mol. The number of nitrogens with one attached hydrogen (secondary N) is 1. The fourth-order valence-corrected chi connectivity index (χ4v) is 3.01. The monoisotopic (exact) mass is 261 g/mol. The summed E-state index contributed by atoms with van der Waals surface area (Å²) < 4.78 is 5.47. The molecule has 1 fully saturated rings. The van der Waals surface area contributed by atoms with Crippen molar-refractivity contribution in [3.05, 3.63) is 35.4 Å². The predicted octanol–water partition coefficient (Wildman–Crippen LogP) is 1.19. The van der Waals surface area contributed by atoms with E-state index >= 15 is 0 Å². The lowest BCUT2D eigenvalue weighted by molar-refractivity contribution is -0.133. The van der Waals surface area contributed by atoms with E-state index in [-0.39, 0.29) is 24.0 Å². The maximum Gasteiger partial charge on any atom is 0.249 e. The minimum atomic E-state index is -0.543. The van der Waals surface area contributed by atoms with Crippen LogP contribution < -0.4 is 5.32 Å². The van der Waals surface area contributed by atoms with Crippen LogP contribution in [-0.2, 0) is 16.0 Å². The molecule has 1 aliphatic heterocycles. The van der Waals surface area contributed by atoms with Gasteiger partial charge < -0.3 is 15.2 Å². The number of rotatable bonds is 2. The first kappa shape index (κ1) is 12.6. The zero-order valence-electron chi connectivity index (χ0n) is 11.0. The lowest BCUT2D eigenvalue weighted by Crippen LogP contribution is -2.42. The van der Waals surface area contributed by atoms with Crippen LogP contribution in [0.15, 0.2) is 24.3 Å². The third-order valence-electron chi connectivity index (χ3n) is 4.15. The van der Waals surface area contributed by atoms with E-state index in [9.17, 15) is 9.90 Å². The molecule has 4 atom stereocenters. The number of amides is 1. The number of ether oxygens (including phenoxy) is 1. The normalized spacial score (nSPS) is 33.2. The van der Waals surface area contributed by atoms with Gasteiger partial charge in [-0.05, 0) is 23.5 Å². The second kappa shape index (κ2) is 4.94. The molecule has 0 radical (unpaired) electrons. The van der Waals surface area contributed by atoms with Crippen molar-refractivity contribution in [2.45, 2.75) is 38.0 Å². The molecule has 2 N–H and O–H groups in total. The summed E-state index contributed by atoms with van der Waals surface area (Å²) in [7, 11) is 0. The number of carbonyl (C=O) groups is 1. The number of fused-ring (bicyclic) bond motifs is 1. The van der Waals surface area contributed by atoms with Gasteiger partial charge in [0, 0.05) is 13.0 Å². The van der Waals surface area contributed by atoms with E-state index in [1.165, 1.54) is 0 Å². The van der Waals surface area contributed by atoms with E-state index in [0.29, 0.717) is 13.0 Å². The van der Waals surface area contributed by atoms with Crippen molar-refractivity contribution in [2.75, 3.05) is 6.61 Å². The molecule has 4 heteroatoms. The number of aliphatic hydroxyl groups is 1. The van der Waals surface area contributed by atoms with Gasteiger partial charge in [-0.25, -0.2) is 0 Å². The topological polar surface area (TPSA) is 58.6 Å². The number of aliphatic hydroxyl groups excluding tert-OH is 1. The zero-order chi connectivity index (χ0) is 13.4. The Morgan fingerprint density at radius 2 is 2.21 bits per heavy atom. The van der Waals surface area contributed by atoms with Gasteiger partial charge in [-0.3, -0.25) is 4.79 Å². The molecule has 1 aliphatic carbocycles. The predicted molar refractivity (Wildman–Crippen MR) is 70.6 cm³/mol. The summed E-state index contributed by atoms with van der Waals surface area (Å²) in [4.78, 5) is 12.2. The van der Waals surface area contributed by atoms with Gasteiger partial charge >= 0.3 is 0 Å². The Labute approximate surface area is 112 Å². The molecule has 1 heterocycles. The molecule has 3 rings (SSSR count). The average molecular weight is 261 g/mol. The van der Waals surface area contributed by atoms with E-state index < -0.39 is 6.10 Å². The van der Waals surface area contributed by atoms with Crippen LogP contribution in [0, 0.1) is 5.92 Å². The van der Waals surface area contributed by atoms with Crippen LogP contribution in [0.1, 0.15) is 30.5 Å². The molecule has 2 aliphatic rings. The summed E-state index contributed by atoms with van der Waals surface area (Å²) in [5, 5.41) is 13.1. The van der Waals surface area contributed by atoms with Crippen molar-refractivity contribution >= 4 is 5.91 Å². The summed E-state index contributed by atoms with van der Waals surface area (Å²) >= 11 is 0. The van der Waals surface area contributed by atoms with Gasteiger partial charge in [0.15, 0.2) is 0 Å². The van der Waals surface area contributed by atoms with Crippen molar-refractivity contribution in [1.82, 2.24) is 5.32 Å². The molecule has 4 nitrogen and oxygen atoms in total. The standard InChI is InChI=1S/C15H19NO3/c1-9-6-7-19-14(9)15(18)16-13-11-5-3-2-4-10(11)8-12(13)17/h2-5,9,12-14,17H,6-8H2,1H3,(H,16,18)/t9?,12-,13+,14?/m1/s1. The van der Waals surface area contributed by atoms with Crippen molar-refractivity contribution in [2.24, 2.45) is 5.92 Å². The highest BCUT2D eigenvalue weighted by atomic mass is 16.5. The maximum absolute atomic E-state index is 12.2. The van der Waals surface area contributed by atoms with Crippen LogP contribution in [0.3, 0.4) is 0 Å². The second-order valence-electron chi connectivity index (χ2n) is 5.51. The van der Waals surface area contributed by atoms with E-state index in [0.717, 1.165) is 17.5 Å². The van der Waals surface area contributed by atoms with Crippen molar-refractivity contribution in [1.29, 1.82) is 0 Å². The maximum atomic E-state index is 12.2. The molecule has 1 saturated heterocycles. The highest BCUT2D eigenvalue weighted by Gasteiger charge is 2.36. The highest BCUT2D eigenvalue weighted by Crippen LogP contribution is 2.32. The molecule has 1 aromatic rings. The van der Waals surface area contributed by atoms with Crippen LogP contribution in [0.5, 0.6) is 0 Å². The average Bonchev–Trinajstić information content (AvgIpc) is 2.94. The van der Waals surface area contributed by atoms with Gasteiger partial charge in [-0.15, -0.1) is 0 Å². The number of carbonyl (C=O) groups excluding carboxylic acids is 1. The van der Waals surface area contributed by atoms with Crippen molar-refractivity contribution in [3.63, 3.8) is 0 Å². The van der Waals surface area contributed by atoms with E-state index in [1.54, 1.807) is 0 Å². The first-order chi connectivity index (χ1) is 9.16. The largest absolute Gasteiger partial charge is 0.390 e. The van der Waals surface area contributed by atoms with Crippen LogP contribution >= 0.6 is 0 Å². The third-order valence-corrected chi connectivity index (χ3v) is 4.15. The SMILES string of the molecule is CC1CCOC1C(=O)N[C@H]1c2ccccc2C[C@H]1O.